The Kier molecular flexibility index (Phi) is 2.39. The highest BCUT2D eigenvalue weighted by molar-refractivity contribution is 5.15. The summed E-state index contributed by atoms with van der Waals surface area (Å²) in [6.45, 7) is 7.33. The van der Waals surface area contributed by atoms with Crippen molar-refractivity contribution in [2.75, 3.05) is 0 Å². The van der Waals surface area contributed by atoms with Crippen molar-refractivity contribution in [2.24, 2.45) is 5.73 Å². The van der Waals surface area contributed by atoms with Crippen LogP contribution in [0.2, 0.25) is 0 Å². The fourth-order valence-corrected chi connectivity index (χ4v) is 2.65. The van der Waals surface area contributed by atoms with E-state index < -0.39 is 16.6 Å². The van der Waals surface area contributed by atoms with Crippen LogP contribution < -0.4 is 5.73 Å². The van der Waals surface area contributed by atoms with Crippen LogP contribution in [0.4, 0.5) is 0 Å². The molecule has 1 heterocycles. The first-order valence-electron chi connectivity index (χ1n) is 4.81. The van der Waals surface area contributed by atoms with Gasteiger partial charge in [-0.1, -0.05) is 0 Å². The highest BCUT2D eigenvalue weighted by atomic mass is 16.5. The van der Waals surface area contributed by atoms with Gasteiger partial charge >= 0.3 is 0 Å². The first kappa shape index (κ1) is 11.4. The molecular weight excluding hydrogens is 178 g/mol. The smallest absolute Gasteiger partial charge is 0.107 e. The molecule has 1 saturated heterocycles. The summed E-state index contributed by atoms with van der Waals surface area (Å²) in [6, 6.07) is 2.12. The quantitative estimate of drug-likeness (QED) is 0.632. The minimum atomic E-state index is -0.867. The summed E-state index contributed by atoms with van der Waals surface area (Å²) < 4.78 is 0. The predicted molar refractivity (Wildman–Crippen MR) is 52.4 cm³/mol. The molecule has 0 bridgehead atoms. The van der Waals surface area contributed by atoms with Crippen LogP contribution in [0, 0.1) is 11.3 Å². The van der Waals surface area contributed by atoms with E-state index in [9.17, 15) is 5.21 Å². The third-order valence-electron chi connectivity index (χ3n) is 2.82. The maximum atomic E-state index is 11.9. The van der Waals surface area contributed by atoms with E-state index >= 15 is 0 Å². The second-order valence-electron chi connectivity index (χ2n) is 5.54. The Hall–Kier alpha value is -0.630. The topological polar surface area (TPSA) is 73.0 Å². The Morgan fingerprint density at radius 3 is 1.86 bits per heavy atom. The fourth-order valence-electron chi connectivity index (χ4n) is 2.65. The molecule has 2 N–H and O–H groups in total. The highest BCUT2D eigenvalue weighted by Crippen LogP contribution is 2.40. The van der Waals surface area contributed by atoms with Gasteiger partial charge in [-0.05, 0) is 40.5 Å². The Morgan fingerprint density at radius 2 is 1.57 bits per heavy atom. The molecule has 0 spiro atoms. The zero-order valence-corrected chi connectivity index (χ0v) is 9.29. The van der Waals surface area contributed by atoms with Gasteiger partial charge < -0.3 is 5.73 Å². The Balaban J connectivity index is 3.05. The summed E-state index contributed by atoms with van der Waals surface area (Å²) in [6.07, 6.45) is 0.840. The molecule has 1 radical (unpaired) electrons. The van der Waals surface area contributed by atoms with Gasteiger partial charge in [0.15, 0.2) is 0 Å². The summed E-state index contributed by atoms with van der Waals surface area (Å²) >= 11 is 0. The van der Waals surface area contributed by atoms with Crippen molar-refractivity contribution in [3.05, 3.63) is 0 Å². The third-order valence-corrected chi connectivity index (χ3v) is 2.82. The van der Waals surface area contributed by atoms with Crippen LogP contribution in [0.25, 0.3) is 0 Å². The summed E-state index contributed by atoms with van der Waals surface area (Å²) in [5.41, 5.74) is 3.95. The van der Waals surface area contributed by atoms with Gasteiger partial charge in [0.1, 0.15) is 5.54 Å². The third kappa shape index (κ3) is 1.76. The molecule has 4 nitrogen and oxygen atoms in total. The molecule has 0 saturated carbocycles. The molecule has 1 aliphatic heterocycles. The molecule has 0 aliphatic carbocycles. The van der Waals surface area contributed by atoms with Crippen molar-refractivity contribution in [2.45, 2.75) is 57.2 Å². The molecule has 4 heteroatoms. The van der Waals surface area contributed by atoms with Gasteiger partial charge in [-0.3, -0.25) is 0 Å². The van der Waals surface area contributed by atoms with E-state index in [4.69, 9.17) is 11.0 Å². The van der Waals surface area contributed by atoms with Crippen LogP contribution in [0.3, 0.4) is 0 Å². The minimum absolute atomic E-state index is 0.420. The monoisotopic (exact) mass is 196 g/mol. The van der Waals surface area contributed by atoms with Crippen LogP contribution in [-0.2, 0) is 5.21 Å². The second-order valence-corrected chi connectivity index (χ2v) is 5.54. The molecule has 0 amide bonds. The van der Waals surface area contributed by atoms with Crippen LogP contribution in [0.1, 0.15) is 40.5 Å². The first-order chi connectivity index (χ1) is 6.13. The van der Waals surface area contributed by atoms with E-state index in [-0.39, 0.29) is 0 Å². The summed E-state index contributed by atoms with van der Waals surface area (Å²) in [4.78, 5) is 0. The van der Waals surface area contributed by atoms with Gasteiger partial charge in [-0.2, -0.15) is 5.26 Å². The maximum absolute atomic E-state index is 11.9. The van der Waals surface area contributed by atoms with Gasteiger partial charge in [-0.25, -0.2) is 0 Å². The number of nitrogens with zero attached hydrogens (tertiary/aromatic N) is 2. The van der Waals surface area contributed by atoms with Crippen molar-refractivity contribution in [3.63, 3.8) is 0 Å². The minimum Gasteiger partial charge on any atom is -0.313 e. The number of hydrogen-bond donors (Lipinski definition) is 1. The molecule has 0 aromatic carbocycles. The summed E-state index contributed by atoms with van der Waals surface area (Å²) in [7, 11) is 0. The van der Waals surface area contributed by atoms with Gasteiger partial charge in [0.25, 0.3) is 0 Å². The molecule has 1 rings (SSSR count). The Bertz CT molecular complexity index is 260. The molecule has 1 aliphatic rings. The molecule has 0 atom stereocenters. The van der Waals surface area contributed by atoms with Gasteiger partial charge in [0.2, 0.25) is 0 Å². The van der Waals surface area contributed by atoms with Crippen molar-refractivity contribution < 1.29 is 5.21 Å². The van der Waals surface area contributed by atoms with Gasteiger partial charge in [-0.15, -0.1) is 10.3 Å². The van der Waals surface area contributed by atoms with Crippen molar-refractivity contribution in [3.8, 4) is 6.07 Å². The highest BCUT2D eigenvalue weighted by Gasteiger charge is 2.51. The molecule has 0 aromatic heterocycles. The average Bonchev–Trinajstić information content (AvgIpc) is 1.99. The number of hydroxylamine groups is 2. The predicted octanol–water partition coefficient (Wildman–Crippen LogP) is 1.21. The van der Waals surface area contributed by atoms with Crippen molar-refractivity contribution in [1.29, 1.82) is 5.26 Å². The lowest BCUT2D eigenvalue weighted by Crippen LogP contribution is -2.65. The summed E-state index contributed by atoms with van der Waals surface area (Å²) in [5, 5.41) is 22.0. The van der Waals surface area contributed by atoms with Crippen LogP contribution >= 0.6 is 0 Å². The molecule has 1 fully saturated rings. The van der Waals surface area contributed by atoms with Crippen molar-refractivity contribution >= 4 is 0 Å². The number of hydrogen-bond acceptors (Lipinski definition) is 3. The first-order valence-corrected chi connectivity index (χ1v) is 4.81. The van der Waals surface area contributed by atoms with E-state index in [1.54, 1.807) is 0 Å². The molecule has 79 valence electrons. The molecular formula is C10H18N3O. The van der Waals surface area contributed by atoms with Crippen LogP contribution in [0.5, 0.6) is 0 Å². The normalized spacial score (nSPS) is 29.5. The standard InChI is InChI=1S/C10H18N3O/c1-8(2)5-10(12,7-11)6-9(3,4)13(8)14/h5-6,12H2,1-4H3. The number of rotatable bonds is 0. The van der Waals surface area contributed by atoms with Crippen LogP contribution in [0.15, 0.2) is 0 Å². The van der Waals surface area contributed by atoms with Crippen LogP contribution in [-0.4, -0.2) is 21.7 Å². The molecule has 0 unspecified atom stereocenters. The SMILES string of the molecule is CC1(C)CC(N)(C#N)CC(C)(C)N1[O]. The van der Waals surface area contributed by atoms with E-state index in [1.807, 2.05) is 27.7 Å². The van der Waals surface area contributed by atoms with Crippen molar-refractivity contribution in [1.82, 2.24) is 5.06 Å². The lowest BCUT2D eigenvalue weighted by molar-refractivity contribution is -0.292. The zero-order valence-electron chi connectivity index (χ0n) is 9.29. The number of nitrogens with two attached hydrogens (primary N) is 1. The summed E-state index contributed by atoms with van der Waals surface area (Å²) in [5.74, 6) is 0. The van der Waals surface area contributed by atoms with E-state index in [0.717, 1.165) is 5.06 Å². The maximum Gasteiger partial charge on any atom is 0.107 e. The molecule has 14 heavy (non-hydrogen) atoms. The Morgan fingerprint density at radius 1 is 1.21 bits per heavy atom. The average molecular weight is 196 g/mol. The van der Waals surface area contributed by atoms with E-state index in [2.05, 4.69) is 6.07 Å². The zero-order chi connectivity index (χ0) is 11.2. The van der Waals surface area contributed by atoms with Gasteiger partial charge in [0, 0.05) is 11.1 Å². The van der Waals surface area contributed by atoms with E-state index in [1.165, 1.54) is 0 Å². The Labute approximate surface area is 85.3 Å². The fraction of sp³-hybridized carbons (Fsp3) is 0.900. The van der Waals surface area contributed by atoms with E-state index in [0.29, 0.717) is 12.8 Å². The number of piperidine rings is 1. The molecule has 0 aromatic rings. The number of nitriles is 1. The lowest BCUT2D eigenvalue weighted by atomic mass is 9.71. The lowest BCUT2D eigenvalue weighted by Gasteiger charge is -2.51. The van der Waals surface area contributed by atoms with Gasteiger partial charge in [0.05, 0.1) is 6.07 Å². The second kappa shape index (κ2) is 2.93. The largest absolute Gasteiger partial charge is 0.313 e.